The maximum absolute atomic E-state index is 13.1. The minimum Gasteiger partial charge on any atom is -0.383 e. The molecule has 3 rings (SSSR count). The van der Waals surface area contributed by atoms with Gasteiger partial charge in [0.05, 0.1) is 12.3 Å². The number of aryl methyl sites for hydroxylation is 2. The predicted molar refractivity (Wildman–Crippen MR) is 97.0 cm³/mol. The molecule has 0 atom stereocenters. The molecule has 0 bridgehead atoms. The Morgan fingerprint density at radius 3 is 2.77 bits per heavy atom. The standard InChI is InChI=1S/C18H24N6O2/c1-5-23-14(3)15(13(2)20-23)12-22(9-10-26-4)18(25)16-11-17-19-7-6-8-24(17)21-16/h6-8,11H,5,9-10,12H2,1-4H3. The molecule has 3 aromatic rings. The molecule has 0 aliphatic heterocycles. The topological polar surface area (TPSA) is 77.5 Å². The fraction of sp³-hybridized carbons (Fsp3) is 0.444. The number of nitrogens with zero attached hydrogens (tertiary/aromatic N) is 6. The van der Waals surface area contributed by atoms with E-state index in [-0.39, 0.29) is 5.91 Å². The highest BCUT2D eigenvalue weighted by atomic mass is 16.5. The highest BCUT2D eigenvalue weighted by molar-refractivity contribution is 5.93. The van der Waals surface area contributed by atoms with Gasteiger partial charge in [-0.25, -0.2) is 9.50 Å². The third-order valence-corrected chi connectivity index (χ3v) is 4.49. The smallest absolute Gasteiger partial charge is 0.274 e. The molecule has 0 saturated heterocycles. The molecule has 138 valence electrons. The SMILES string of the molecule is CCn1nc(C)c(CN(CCOC)C(=O)c2cc3ncccn3n2)c1C. The summed E-state index contributed by atoms with van der Waals surface area (Å²) >= 11 is 0. The average molecular weight is 356 g/mol. The Kier molecular flexibility index (Phi) is 5.32. The van der Waals surface area contributed by atoms with Crippen molar-refractivity contribution in [1.29, 1.82) is 0 Å². The molecule has 0 aliphatic carbocycles. The second-order valence-corrected chi connectivity index (χ2v) is 6.14. The van der Waals surface area contributed by atoms with E-state index < -0.39 is 0 Å². The monoisotopic (exact) mass is 356 g/mol. The molecule has 1 amide bonds. The van der Waals surface area contributed by atoms with Crippen LogP contribution >= 0.6 is 0 Å². The summed E-state index contributed by atoms with van der Waals surface area (Å²) in [5.74, 6) is -0.143. The van der Waals surface area contributed by atoms with Gasteiger partial charge in [-0.3, -0.25) is 9.48 Å². The van der Waals surface area contributed by atoms with Crippen molar-refractivity contribution in [2.45, 2.75) is 33.9 Å². The lowest BCUT2D eigenvalue weighted by molar-refractivity contribution is 0.0673. The van der Waals surface area contributed by atoms with Crippen molar-refractivity contribution < 1.29 is 9.53 Å². The number of carbonyl (C=O) groups is 1. The van der Waals surface area contributed by atoms with E-state index in [1.54, 1.807) is 41.1 Å². The first-order chi connectivity index (χ1) is 12.5. The van der Waals surface area contributed by atoms with Gasteiger partial charge in [-0.15, -0.1) is 0 Å². The fourth-order valence-electron chi connectivity index (χ4n) is 3.01. The van der Waals surface area contributed by atoms with Crippen molar-refractivity contribution in [2.24, 2.45) is 0 Å². The molecule has 0 aromatic carbocycles. The van der Waals surface area contributed by atoms with E-state index in [0.29, 0.717) is 31.0 Å². The Morgan fingerprint density at radius 1 is 1.31 bits per heavy atom. The molecule has 0 radical (unpaired) electrons. The molecule has 26 heavy (non-hydrogen) atoms. The van der Waals surface area contributed by atoms with Gasteiger partial charge in [0.15, 0.2) is 11.3 Å². The maximum Gasteiger partial charge on any atom is 0.274 e. The van der Waals surface area contributed by atoms with E-state index in [9.17, 15) is 4.79 Å². The molecule has 0 fully saturated rings. The van der Waals surface area contributed by atoms with Gasteiger partial charge in [0.1, 0.15) is 0 Å². The van der Waals surface area contributed by atoms with E-state index in [1.165, 1.54) is 0 Å². The summed E-state index contributed by atoms with van der Waals surface area (Å²) in [6, 6.07) is 3.49. The van der Waals surface area contributed by atoms with Crippen molar-refractivity contribution >= 4 is 11.6 Å². The van der Waals surface area contributed by atoms with Crippen LogP contribution in [0.5, 0.6) is 0 Å². The van der Waals surface area contributed by atoms with E-state index in [0.717, 1.165) is 23.5 Å². The summed E-state index contributed by atoms with van der Waals surface area (Å²) in [5, 5.41) is 8.90. The first-order valence-electron chi connectivity index (χ1n) is 8.66. The molecule has 0 aliphatic rings. The molecule has 0 spiro atoms. The lowest BCUT2D eigenvalue weighted by Gasteiger charge is -2.21. The Hall–Kier alpha value is -2.74. The average Bonchev–Trinajstić information content (AvgIpc) is 3.19. The van der Waals surface area contributed by atoms with Gasteiger partial charge in [0.25, 0.3) is 5.91 Å². The summed E-state index contributed by atoms with van der Waals surface area (Å²) in [7, 11) is 1.63. The van der Waals surface area contributed by atoms with Crippen molar-refractivity contribution in [1.82, 2.24) is 29.3 Å². The number of carbonyl (C=O) groups excluding carboxylic acids is 1. The summed E-state index contributed by atoms with van der Waals surface area (Å²) in [6.07, 6.45) is 3.46. The van der Waals surface area contributed by atoms with Crippen LogP contribution in [0.3, 0.4) is 0 Å². The summed E-state index contributed by atoms with van der Waals surface area (Å²) in [4.78, 5) is 19.0. The van der Waals surface area contributed by atoms with Crippen LogP contribution in [0, 0.1) is 13.8 Å². The number of ether oxygens (including phenoxy) is 1. The highest BCUT2D eigenvalue weighted by Gasteiger charge is 2.22. The first kappa shape index (κ1) is 18.1. The van der Waals surface area contributed by atoms with Gasteiger partial charge in [-0.2, -0.15) is 10.2 Å². The minimum absolute atomic E-state index is 0.143. The third-order valence-electron chi connectivity index (χ3n) is 4.49. The number of methoxy groups -OCH3 is 1. The van der Waals surface area contributed by atoms with Gasteiger partial charge in [0.2, 0.25) is 0 Å². The fourth-order valence-corrected chi connectivity index (χ4v) is 3.01. The largest absolute Gasteiger partial charge is 0.383 e. The molecule has 3 heterocycles. The Balaban J connectivity index is 1.90. The zero-order valence-electron chi connectivity index (χ0n) is 15.6. The van der Waals surface area contributed by atoms with Gasteiger partial charge in [-0.05, 0) is 26.8 Å². The zero-order chi connectivity index (χ0) is 18.7. The summed E-state index contributed by atoms with van der Waals surface area (Å²) < 4.78 is 8.75. The van der Waals surface area contributed by atoms with Crippen LogP contribution in [-0.4, -0.2) is 55.4 Å². The first-order valence-corrected chi connectivity index (χ1v) is 8.66. The number of fused-ring (bicyclic) bond motifs is 1. The quantitative estimate of drug-likeness (QED) is 0.646. The number of amides is 1. The van der Waals surface area contributed by atoms with Gasteiger partial charge >= 0.3 is 0 Å². The molecule has 0 saturated carbocycles. The predicted octanol–water partition coefficient (Wildman–Crippen LogP) is 1.85. The Bertz CT molecular complexity index is 881. The lowest BCUT2D eigenvalue weighted by Crippen LogP contribution is -2.34. The van der Waals surface area contributed by atoms with Gasteiger partial charge in [0, 0.05) is 56.5 Å². The molecule has 0 N–H and O–H groups in total. The van der Waals surface area contributed by atoms with Crippen LogP contribution in [0.4, 0.5) is 0 Å². The van der Waals surface area contributed by atoms with E-state index in [4.69, 9.17) is 4.74 Å². The van der Waals surface area contributed by atoms with Crippen molar-refractivity contribution in [3.05, 3.63) is 47.2 Å². The minimum atomic E-state index is -0.143. The van der Waals surface area contributed by atoms with Crippen molar-refractivity contribution in [2.75, 3.05) is 20.3 Å². The molecule has 3 aromatic heterocycles. The second kappa shape index (κ2) is 7.65. The van der Waals surface area contributed by atoms with E-state index in [1.807, 2.05) is 18.5 Å². The second-order valence-electron chi connectivity index (χ2n) is 6.14. The normalized spacial score (nSPS) is 11.2. The lowest BCUT2D eigenvalue weighted by atomic mass is 10.1. The van der Waals surface area contributed by atoms with Crippen LogP contribution in [0.1, 0.15) is 34.4 Å². The van der Waals surface area contributed by atoms with Crippen LogP contribution in [0.25, 0.3) is 5.65 Å². The Morgan fingerprint density at radius 2 is 2.12 bits per heavy atom. The molecular weight excluding hydrogens is 332 g/mol. The van der Waals surface area contributed by atoms with Crippen LogP contribution in [-0.2, 0) is 17.8 Å². The number of hydrogen-bond donors (Lipinski definition) is 0. The molecule has 0 unspecified atom stereocenters. The van der Waals surface area contributed by atoms with Crippen molar-refractivity contribution in [3.8, 4) is 0 Å². The van der Waals surface area contributed by atoms with Crippen LogP contribution < -0.4 is 0 Å². The number of aromatic nitrogens is 5. The van der Waals surface area contributed by atoms with E-state index in [2.05, 4.69) is 22.1 Å². The number of hydrogen-bond acceptors (Lipinski definition) is 5. The third kappa shape index (κ3) is 3.45. The van der Waals surface area contributed by atoms with Crippen LogP contribution in [0.2, 0.25) is 0 Å². The van der Waals surface area contributed by atoms with Gasteiger partial charge < -0.3 is 9.64 Å². The molecule has 8 heteroatoms. The number of rotatable bonds is 7. The van der Waals surface area contributed by atoms with Gasteiger partial charge in [-0.1, -0.05) is 0 Å². The Labute approximate surface area is 152 Å². The zero-order valence-corrected chi connectivity index (χ0v) is 15.6. The summed E-state index contributed by atoms with van der Waals surface area (Å²) in [5.41, 5.74) is 4.11. The van der Waals surface area contributed by atoms with E-state index >= 15 is 0 Å². The summed E-state index contributed by atoms with van der Waals surface area (Å²) in [6.45, 7) is 8.28. The highest BCUT2D eigenvalue weighted by Crippen LogP contribution is 2.17. The van der Waals surface area contributed by atoms with Crippen LogP contribution in [0.15, 0.2) is 24.5 Å². The van der Waals surface area contributed by atoms with Crippen molar-refractivity contribution in [3.63, 3.8) is 0 Å². The maximum atomic E-state index is 13.1. The molecule has 8 nitrogen and oxygen atoms in total. The molecular formula is C18H24N6O2.